The highest BCUT2D eigenvalue weighted by Crippen LogP contribution is 2.16. The fourth-order valence-corrected chi connectivity index (χ4v) is 0.882. The molecular formula is C8H14F3N3O2. The zero-order valence-corrected chi connectivity index (χ0v) is 9.04. The van der Waals surface area contributed by atoms with Crippen molar-refractivity contribution >= 4 is 11.8 Å². The van der Waals surface area contributed by atoms with Crippen LogP contribution in [0.3, 0.4) is 0 Å². The van der Waals surface area contributed by atoms with Crippen LogP contribution in [0.1, 0.15) is 0 Å². The maximum Gasteiger partial charge on any atom is 0.406 e. The molecule has 0 radical (unpaired) electrons. The molecular weight excluding hydrogens is 227 g/mol. The molecule has 0 aromatic rings. The van der Waals surface area contributed by atoms with E-state index in [-0.39, 0.29) is 0 Å². The van der Waals surface area contributed by atoms with Crippen molar-refractivity contribution in [3.05, 3.63) is 0 Å². The van der Waals surface area contributed by atoms with Crippen LogP contribution in [0.15, 0.2) is 0 Å². The van der Waals surface area contributed by atoms with Crippen LogP contribution in [-0.4, -0.2) is 61.5 Å². The summed E-state index contributed by atoms with van der Waals surface area (Å²) in [6, 6.07) is 0. The molecule has 8 heteroatoms. The lowest BCUT2D eigenvalue weighted by Gasteiger charge is -2.24. The normalized spacial score (nSPS) is 11.1. The SMILES string of the molecule is CN(C)C(=O)CN(CC(F)(F)F)C(=O)CN. The smallest absolute Gasteiger partial charge is 0.347 e. The largest absolute Gasteiger partial charge is 0.406 e. The lowest BCUT2D eigenvalue weighted by Crippen LogP contribution is -2.46. The van der Waals surface area contributed by atoms with Gasteiger partial charge in [0.05, 0.1) is 6.54 Å². The van der Waals surface area contributed by atoms with Crippen LogP contribution >= 0.6 is 0 Å². The molecule has 0 bridgehead atoms. The van der Waals surface area contributed by atoms with E-state index in [9.17, 15) is 22.8 Å². The molecule has 94 valence electrons. The molecule has 0 saturated heterocycles. The zero-order chi connectivity index (χ0) is 12.9. The van der Waals surface area contributed by atoms with Gasteiger partial charge in [-0.15, -0.1) is 0 Å². The predicted molar refractivity (Wildman–Crippen MR) is 50.4 cm³/mol. The Kier molecular flexibility index (Phi) is 5.22. The summed E-state index contributed by atoms with van der Waals surface area (Å²) in [5.74, 6) is -1.50. The number of nitrogens with zero attached hydrogens (tertiary/aromatic N) is 2. The van der Waals surface area contributed by atoms with Gasteiger partial charge in [0.15, 0.2) is 0 Å². The Balaban J connectivity index is 4.57. The van der Waals surface area contributed by atoms with Gasteiger partial charge in [0.2, 0.25) is 11.8 Å². The molecule has 0 spiro atoms. The first-order valence-corrected chi connectivity index (χ1v) is 4.42. The van der Waals surface area contributed by atoms with Crippen molar-refractivity contribution in [3.8, 4) is 0 Å². The van der Waals surface area contributed by atoms with Gasteiger partial charge in [-0.1, -0.05) is 0 Å². The minimum atomic E-state index is -4.54. The second kappa shape index (κ2) is 5.69. The van der Waals surface area contributed by atoms with Crippen LogP contribution in [0, 0.1) is 0 Å². The molecule has 0 saturated carbocycles. The number of carbonyl (C=O) groups excluding carboxylic acids is 2. The second-order valence-corrected chi connectivity index (χ2v) is 3.36. The maximum absolute atomic E-state index is 12.1. The molecule has 0 aliphatic carbocycles. The van der Waals surface area contributed by atoms with Crippen LogP contribution in [0.2, 0.25) is 0 Å². The van der Waals surface area contributed by atoms with E-state index in [1.807, 2.05) is 0 Å². The lowest BCUT2D eigenvalue weighted by atomic mass is 10.4. The predicted octanol–water partition coefficient (Wildman–Crippen LogP) is -0.576. The molecule has 0 heterocycles. The zero-order valence-electron chi connectivity index (χ0n) is 9.04. The highest BCUT2D eigenvalue weighted by molar-refractivity contribution is 5.85. The second-order valence-electron chi connectivity index (χ2n) is 3.36. The number of rotatable bonds is 4. The topological polar surface area (TPSA) is 66.6 Å². The standard InChI is InChI=1S/C8H14F3N3O2/c1-13(2)7(16)4-14(6(15)3-12)5-8(9,10)11/h3-5,12H2,1-2H3. The van der Waals surface area contributed by atoms with Crippen molar-refractivity contribution < 1.29 is 22.8 Å². The van der Waals surface area contributed by atoms with Gasteiger partial charge in [0, 0.05) is 14.1 Å². The third-order valence-electron chi connectivity index (χ3n) is 1.72. The number of halogens is 3. The van der Waals surface area contributed by atoms with Crippen LogP contribution in [0.25, 0.3) is 0 Å². The van der Waals surface area contributed by atoms with Crippen LogP contribution in [-0.2, 0) is 9.59 Å². The van der Waals surface area contributed by atoms with E-state index < -0.39 is 37.6 Å². The van der Waals surface area contributed by atoms with Gasteiger partial charge in [0.25, 0.3) is 0 Å². The number of carbonyl (C=O) groups is 2. The fourth-order valence-electron chi connectivity index (χ4n) is 0.882. The summed E-state index contributed by atoms with van der Waals surface area (Å²) < 4.78 is 36.3. The van der Waals surface area contributed by atoms with E-state index in [4.69, 9.17) is 5.73 Å². The fraction of sp³-hybridized carbons (Fsp3) is 0.750. The number of alkyl halides is 3. The van der Waals surface area contributed by atoms with E-state index >= 15 is 0 Å². The van der Waals surface area contributed by atoms with Gasteiger partial charge in [-0.2, -0.15) is 13.2 Å². The first kappa shape index (κ1) is 14.7. The van der Waals surface area contributed by atoms with Crippen molar-refractivity contribution in [3.63, 3.8) is 0 Å². The van der Waals surface area contributed by atoms with Crippen molar-refractivity contribution in [1.29, 1.82) is 0 Å². The summed E-state index contributed by atoms with van der Waals surface area (Å²) in [7, 11) is 2.78. The minimum absolute atomic E-state index is 0.391. The maximum atomic E-state index is 12.1. The molecule has 5 nitrogen and oxygen atoms in total. The quantitative estimate of drug-likeness (QED) is 0.716. The van der Waals surface area contributed by atoms with Crippen molar-refractivity contribution in [2.45, 2.75) is 6.18 Å². The van der Waals surface area contributed by atoms with Gasteiger partial charge in [0.1, 0.15) is 13.1 Å². The molecule has 0 aliphatic heterocycles. The number of amides is 2. The Morgan fingerprint density at radius 1 is 1.19 bits per heavy atom. The third-order valence-corrected chi connectivity index (χ3v) is 1.72. The summed E-state index contributed by atoms with van der Waals surface area (Å²) in [6.07, 6.45) is -4.54. The van der Waals surface area contributed by atoms with E-state index in [0.29, 0.717) is 4.90 Å². The van der Waals surface area contributed by atoms with Gasteiger partial charge < -0.3 is 15.5 Å². The average Bonchev–Trinajstić information content (AvgIpc) is 2.13. The lowest BCUT2D eigenvalue weighted by molar-refractivity contribution is -0.163. The monoisotopic (exact) mass is 241 g/mol. The van der Waals surface area contributed by atoms with Gasteiger partial charge >= 0.3 is 6.18 Å². The van der Waals surface area contributed by atoms with Gasteiger partial charge in [-0.25, -0.2) is 0 Å². The summed E-state index contributed by atoms with van der Waals surface area (Å²) in [5, 5.41) is 0. The summed E-state index contributed by atoms with van der Waals surface area (Å²) in [4.78, 5) is 23.8. The number of hydrogen-bond acceptors (Lipinski definition) is 3. The first-order valence-electron chi connectivity index (χ1n) is 4.42. The summed E-state index contributed by atoms with van der Waals surface area (Å²) >= 11 is 0. The van der Waals surface area contributed by atoms with E-state index in [1.165, 1.54) is 14.1 Å². The highest BCUT2D eigenvalue weighted by atomic mass is 19.4. The molecule has 0 fully saturated rings. The van der Waals surface area contributed by atoms with Crippen LogP contribution in [0.5, 0.6) is 0 Å². The number of likely N-dealkylation sites (N-methyl/N-ethyl adjacent to an activating group) is 1. The van der Waals surface area contributed by atoms with E-state index in [1.54, 1.807) is 0 Å². The first-order chi connectivity index (χ1) is 7.17. The van der Waals surface area contributed by atoms with Crippen LogP contribution < -0.4 is 5.73 Å². The average molecular weight is 241 g/mol. The van der Waals surface area contributed by atoms with Crippen molar-refractivity contribution in [1.82, 2.24) is 9.80 Å². The van der Waals surface area contributed by atoms with Crippen LogP contribution in [0.4, 0.5) is 13.2 Å². The molecule has 16 heavy (non-hydrogen) atoms. The molecule has 0 aromatic heterocycles. The Morgan fingerprint density at radius 3 is 2.00 bits per heavy atom. The molecule has 0 rings (SSSR count). The Labute approximate surface area is 91.0 Å². The van der Waals surface area contributed by atoms with Crippen molar-refractivity contribution in [2.24, 2.45) is 5.73 Å². The Hall–Kier alpha value is -1.31. The van der Waals surface area contributed by atoms with E-state index in [0.717, 1.165) is 4.90 Å². The molecule has 0 aliphatic rings. The van der Waals surface area contributed by atoms with Gasteiger partial charge in [-0.3, -0.25) is 9.59 Å². The molecule has 0 unspecified atom stereocenters. The summed E-state index contributed by atoms with van der Waals surface area (Å²) in [6.45, 7) is -2.65. The Morgan fingerprint density at radius 2 is 1.69 bits per heavy atom. The molecule has 2 amide bonds. The molecule has 2 N–H and O–H groups in total. The summed E-state index contributed by atoms with van der Waals surface area (Å²) in [5.41, 5.74) is 4.96. The number of nitrogens with two attached hydrogens (primary N) is 1. The minimum Gasteiger partial charge on any atom is -0.347 e. The van der Waals surface area contributed by atoms with Crippen molar-refractivity contribution in [2.75, 3.05) is 33.7 Å². The number of hydrogen-bond donors (Lipinski definition) is 1. The molecule has 0 atom stereocenters. The Bertz CT molecular complexity index is 266. The van der Waals surface area contributed by atoms with Gasteiger partial charge in [-0.05, 0) is 0 Å². The highest BCUT2D eigenvalue weighted by Gasteiger charge is 2.33. The molecule has 0 aromatic carbocycles. The third kappa shape index (κ3) is 5.54. The van der Waals surface area contributed by atoms with E-state index in [2.05, 4.69) is 0 Å².